The second-order valence-electron chi connectivity index (χ2n) is 6.02. The van der Waals surface area contributed by atoms with Crippen LogP contribution in [0.1, 0.15) is 12.6 Å². The Bertz CT molecular complexity index is 1070. The molecule has 0 radical (unpaired) electrons. The van der Waals surface area contributed by atoms with E-state index in [-0.39, 0.29) is 18.5 Å². The summed E-state index contributed by atoms with van der Waals surface area (Å²) in [5.41, 5.74) is 3.99. The van der Waals surface area contributed by atoms with E-state index in [1.807, 2.05) is 18.4 Å². The number of nitrogens with zero attached hydrogens (tertiary/aromatic N) is 4. The molecule has 7 nitrogen and oxygen atoms in total. The van der Waals surface area contributed by atoms with Crippen molar-refractivity contribution in [3.63, 3.8) is 0 Å². The van der Waals surface area contributed by atoms with Crippen LogP contribution < -0.4 is 5.32 Å². The highest BCUT2D eigenvalue weighted by molar-refractivity contribution is 6.06. The van der Waals surface area contributed by atoms with Gasteiger partial charge in [-0.1, -0.05) is 0 Å². The monoisotopic (exact) mass is 340 g/mol. The number of benzene rings is 1. The van der Waals surface area contributed by atoms with Gasteiger partial charge in [0.2, 0.25) is 5.95 Å². The molecule has 4 rings (SSSR count). The summed E-state index contributed by atoms with van der Waals surface area (Å²) in [5.74, 6) is 0.153. The van der Waals surface area contributed by atoms with Gasteiger partial charge in [0.05, 0.1) is 46.9 Å². The van der Waals surface area contributed by atoms with E-state index in [4.69, 9.17) is 5.11 Å². The molecule has 128 valence electrons. The van der Waals surface area contributed by atoms with Gasteiger partial charge in [-0.05, 0) is 32.0 Å². The Morgan fingerprint density at radius 3 is 2.92 bits per heavy atom. The average Bonchev–Trinajstić information content (AvgIpc) is 3.16. The number of anilines is 1. The van der Waals surface area contributed by atoms with E-state index >= 15 is 0 Å². The zero-order valence-electron chi connectivity index (χ0n) is 13.8. The number of hydrogen-bond acceptors (Lipinski definition) is 5. The van der Waals surface area contributed by atoms with Gasteiger partial charge in [0, 0.05) is 11.4 Å². The van der Waals surface area contributed by atoms with Crippen LogP contribution in [0.3, 0.4) is 0 Å². The van der Waals surface area contributed by atoms with E-state index in [1.165, 1.54) is 12.1 Å². The van der Waals surface area contributed by atoms with Crippen molar-refractivity contribution in [3.8, 4) is 5.69 Å². The molecule has 3 aromatic heterocycles. The molecule has 8 heteroatoms. The molecule has 0 saturated heterocycles. The van der Waals surface area contributed by atoms with E-state index in [0.29, 0.717) is 5.95 Å². The molecule has 0 spiro atoms. The Kier molecular flexibility index (Phi) is 3.61. The largest absolute Gasteiger partial charge is 0.394 e. The van der Waals surface area contributed by atoms with Gasteiger partial charge in [-0.25, -0.2) is 14.4 Å². The zero-order valence-corrected chi connectivity index (χ0v) is 13.8. The Hall–Kier alpha value is -3.00. The Labute approximate surface area is 142 Å². The Morgan fingerprint density at radius 1 is 1.32 bits per heavy atom. The summed E-state index contributed by atoms with van der Waals surface area (Å²) < 4.78 is 15.6. The molecule has 25 heavy (non-hydrogen) atoms. The highest BCUT2D eigenvalue weighted by Gasteiger charge is 2.17. The van der Waals surface area contributed by atoms with E-state index in [2.05, 4.69) is 25.5 Å². The van der Waals surface area contributed by atoms with Crippen molar-refractivity contribution in [1.29, 1.82) is 0 Å². The third kappa shape index (κ3) is 2.51. The van der Waals surface area contributed by atoms with Gasteiger partial charge < -0.3 is 15.0 Å². The summed E-state index contributed by atoms with van der Waals surface area (Å²) >= 11 is 0. The third-order valence-electron chi connectivity index (χ3n) is 4.17. The molecule has 4 aromatic rings. The minimum atomic E-state index is -0.299. The van der Waals surface area contributed by atoms with Gasteiger partial charge in [-0.2, -0.15) is 5.10 Å². The summed E-state index contributed by atoms with van der Waals surface area (Å²) in [5, 5.41) is 19.9. The topological polar surface area (TPSA) is 91.7 Å². The van der Waals surface area contributed by atoms with Crippen LogP contribution >= 0.6 is 0 Å². The highest BCUT2D eigenvalue weighted by Crippen LogP contribution is 2.31. The maximum absolute atomic E-state index is 13.7. The zero-order chi connectivity index (χ0) is 17.6. The minimum Gasteiger partial charge on any atom is -0.394 e. The molecule has 0 amide bonds. The number of aromatic nitrogens is 5. The predicted octanol–water partition coefficient (Wildman–Crippen LogP) is 2.54. The summed E-state index contributed by atoms with van der Waals surface area (Å²) in [6.07, 6.45) is 3.41. The first kappa shape index (κ1) is 15.5. The quantitative estimate of drug-likeness (QED) is 0.531. The van der Waals surface area contributed by atoms with E-state index in [1.54, 1.807) is 18.5 Å². The van der Waals surface area contributed by atoms with Crippen molar-refractivity contribution in [2.45, 2.75) is 19.9 Å². The number of rotatable bonds is 4. The number of aryl methyl sites for hydroxylation is 1. The summed E-state index contributed by atoms with van der Waals surface area (Å²) in [6.45, 7) is 3.72. The fraction of sp³-hybridized carbons (Fsp3) is 0.235. The van der Waals surface area contributed by atoms with Crippen molar-refractivity contribution in [3.05, 3.63) is 42.1 Å². The number of aliphatic hydroxyl groups excluding tert-OH is 1. The van der Waals surface area contributed by atoms with Gasteiger partial charge in [-0.15, -0.1) is 0 Å². The maximum Gasteiger partial charge on any atom is 0.223 e. The van der Waals surface area contributed by atoms with Crippen LogP contribution in [0.4, 0.5) is 10.3 Å². The number of aliphatic hydroxyl groups is 1. The van der Waals surface area contributed by atoms with Gasteiger partial charge in [0.1, 0.15) is 5.82 Å². The number of H-pyrrole nitrogens is 1. The molecule has 0 fully saturated rings. The average molecular weight is 340 g/mol. The van der Waals surface area contributed by atoms with Gasteiger partial charge >= 0.3 is 0 Å². The summed E-state index contributed by atoms with van der Waals surface area (Å²) in [7, 11) is 0. The molecule has 1 unspecified atom stereocenters. The van der Waals surface area contributed by atoms with Gasteiger partial charge in [0.25, 0.3) is 0 Å². The SMILES string of the molecule is Cc1nc(NC(C)CO)ncc1-n1c2ccc(F)cc2c2[nH]ncc21. The molecule has 1 aromatic carbocycles. The number of aromatic amines is 1. The lowest BCUT2D eigenvalue weighted by atomic mass is 10.2. The number of halogens is 1. The second kappa shape index (κ2) is 5.82. The molecule has 0 aliphatic heterocycles. The lowest BCUT2D eigenvalue weighted by Gasteiger charge is -2.13. The standard InChI is InChI=1S/C17H17FN6O/c1-9(8-25)21-17-19-6-14(10(2)22-17)24-13-4-3-11(18)5-12(13)16-15(24)7-20-23-16/h3-7,9,25H,8H2,1-2H3,(H,20,23)(H,19,21,22). The molecule has 0 bridgehead atoms. The molecular formula is C17H17FN6O. The molecule has 3 heterocycles. The van der Waals surface area contributed by atoms with Crippen molar-refractivity contribution in [1.82, 2.24) is 24.7 Å². The highest BCUT2D eigenvalue weighted by atomic mass is 19.1. The number of hydrogen-bond donors (Lipinski definition) is 3. The molecule has 0 saturated carbocycles. The summed E-state index contributed by atoms with van der Waals surface area (Å²) in [6, 6.07) is 4.51. The third-order valence-corrected chi connectivity index (χ3v) is 4.17. The lowest BCUT2D eigenvalue weighted by Crippen LogP contribution is -2.21. The van der Waals surface area contributed by atoms with Crippen LogP contribution in [-0.2, 0) is 0 Å². The van der Waals surface area contributed by atoms with Crippen LogP contribution in [0.25, 0.3) is 27.6 Å². The molecule has 0 aliphatic rings. The first-order valence-electron chi connectivity index (χ1n) is 7.93. The predicted molar refractivity (Wildman–Crippen MR) is 93.4 cm³/mol. The van der Waals surface area contributed by atoms with E-state index < -0.39 is 0 Å². The normalized spacial score (nSPS) is 12.8. The molecule has 3 N–H and O–H groups in total. The Morgan fingerprint density at radius 2 is 2.16 bits per heavy atom. The van der Waals surface area contributed by atoms with Crippen LogP contribution in [0, 0.1) is 12.7 Å². The van der Waals surface area contributed by atoms with E-state index in [9.17, 15) is 4.39 Å². The molecule has 0 aliphatic carbocycles. The fourth-order valence-electron chi connectivity index (χ4n) is 2.96. The van der Waals surface area contributed by atoms with Crippen LogP contribution in [-0.4, -0.2) is 42.5 Å². The van der Waals surface area contributed by atoms with Crippen molar-refractivity contribution < 1.29 is 9.50 Å². The van der Waals surface area contributed by atoms with Crippen LogP contribution in [0.5, 0.6) is 0 Å². The maximum atomic E-state index is 13.7. The molecule has 1 atom stereocenters. The first-order valence-corrected chi connectivity index (χ1v) is 7.93. The Balaban J connectivity index is 1.90. The first-order chi connectivity index (χ1) is 12.1. The lowest BCUT2D eigenvalue weighted by molar-refractivity contribution is 0.281. The van der Waals surface area contributed by atoms with Gasteiger partial charge in [-0.3, -0.25) is 5.10 Å². The number of fused-ring (bicyclic) bond motifs is 3. The van der Waals surface area contributed by atoms with E-state index in [0.717, 1.165) is 33.3 Å². The van der Waals surface area contributed by atoms with Crippen molar-refractivity contribution in [2.24, 2.45) is 0 Å². The smallest absolute Gasteiger partial charge is 0.223 e. The van der Waals surface area contributed by atoms with Gasteiger partial charge in [0.15, 0.2) is 0 Å². The number of nitrogens with one attached hydrogen (secondary N) is 2. The van der Waals surface area contributed by atoms with Crippen LogP contribution in [0.2, 0.25) is 0 Å². The van der Waals surface area contributed by atoms with Crippen LogP contribution in [0.15, 0.2) is 30.6 Å². The minimum absolute atomic E-state index is 0.00635. The molecular weight excluding hydrogens is 323 g/mol. The van der Waals surface area contributed by atoms with Crippen molar-refractivity contribution in [2.75, 3.05) is 11.9 Å². The second-order valence-corrected chi connectivity index (χ2v) is 6.02. The summed E-state index contributed by atoms with van der Waals surface area (Å²) in [4.78, 5) is 8.81. The van der Waals surface area contributed by atoms with Crippen molar-refractivity contribution >= 4 is 27.9 Å². The fourth-order valence-corrected chi connectivity index (χ4v) is 2.96.